The number of aromatic hydroxyl groups is 1. The van der Waals surface area contributed by atoms with Crippen molar-refractivity contribution in [2.45, 2.75) is 6.54 Å². The maximum atomic E-state index is 9.56. The number of nitrogen functional groups attached to an aromatic ring is 1. The van der Waals surface area contributed by atoms with Crippen molar-refractivity contribution < 1.29 is 5.11 Å². The number of anilines is 2. The largest absolute Gasteiger partial charge is 0.506 e. The molecule has 0 heterocycles. The first-order chi connectivity index (χ1) is 7.75. The number of phenolic OH excluding ortho intramolecular Hbond substituents is 1. The average Bonchev–Trinajstić information content (AvgIpc) is 2.28. The molecule has 16 heavy (non-hydrogen) atoms. The van der Waals surface area contributed by atoms with Crippen LogP contribution in [0, 0.1) is 0 Å². The van der Waals surface area contributed by atoms with Crippen LogP contribution in [0.15, 0.2) is 48.5 Å². The highest BCUT2D eigenvalue weighted by molar-refractivity contribution is 5.55. The Morgan fingerprint density at radius 2 is 1.88 bits per heavy atom. The fraction of sp³-hybridized carbons (Fsp3) is 0.0769. The van der Waals surface area contributed by atoms with Crippen molar-refractivity contribution >= 4 is 11.4 Å². The second kappa shape index (κ2) is 4.57. The lowest BCUT2D eigenvalue weighted by atomic mass is 10.2. The minimum Gasteiger partial charge on any atom is -0.506 e. The van der Waals surface area contributed by atoms with Crippen molar-refractivity contribution in [3.8, 4) is 5.75 Å². The third kappa shape index (κ3) is 2.45. The molecular formula is C13H14N2O. The average molecular weight is 214 g/mol. The van der Waals surface area contributed by atoms with E-state index in [-0.39, 0.29) is 5.75 Å². The lowest BCUT2D eigenvalue weighted by Gasteiger charge is -2.08. The van der Waals surface area contributed by atoms with Gasteiger partial charge in [0.15, 0.2) is 0 Å². The summed E-state index contributed by atoms with van der Waals surface area (Å²) in [6.45, 7) is 0.641. The van der Waals surface area contributed by atoms with E-state index in [9.17, 15) is 5.11 Å². The number of para-hydroxylation sites is 2. The van der Waals surface area contributed by atoms with Crippen LogP contribution in [0.1, 0.15) is 5.56 Å². The maximum Gasteiger partial charge on any atom is 0.138 e. The highest BCUT2D eigenvalue weighted by Gasteiger charge is 1.98. The molecule has 0 amide bonds. The Labute approximate surface area is 94.5 Å². The number of benzene rings is 2. The van der Waals surface area contributed by atoms with Gasteiger partial charge in [-0.05, 0) is 29.8 Å². The van der Waals surface area contributed by atoms with Crippen molar-refractivity contribution in [1.29, 1.82) is 0 Å². The standard InChI is InChI=1S/C13H14N2O/c14-11-5-3-4-10(8-11)9-15-12-6-1-2-7-13(12)16/h1-8,15-16H,9,14H2. The first-order valence-corrected chi connectivity index (χ1v) is 5.12. The van der Waals surface area contributed by atoms with E-state index in [2.05, 4.69) is 5.32 Å². The Bertz CT molecular complexity index is 483. The van der Waals surface area contributed by atoms with Crippen LogP contribution in [-0.2, 0) is 6.54 Å². The van der Waals surface area contributed by atoms with Gasteiger partial charge in [-0.15, -0.1) is 0 Å². The molecule has 2 aromatic rings. The summed E-state index contributed by atoms with van der Waals surface area (Å²) >= 11 is 0. The number of hydrogen-bond donors (Lipinski definition) is 3. The molecule has 0 atom stereocenters. The van der Waals surface area contributed by atoms with E-state index in [4.69, 9.17) is 5.73 Å². The molecule has 0 aliphatic rings. The van der Waals surface area contributed by atoms with Crippen LogP contribution in [0.3, 0.4) is 0 Å². The summed E-state index contributed by atoms with van der Waals surface area (Å²) in [6, 6.07) is 14.8. The predicted molar refractivity (Wildman–Crippen MR) is 66.3 cm³/mol. The minimum atomic E-state index is 0.256. The Morgan fingerprint density at radius 3 is 2.62 bits per heavy atom. The highest BCUT2D eigenvalue weighted by Crippen LogP contribution is 2.22. The van der Waals surface area contributed by atoms with Gasteiger partial charge in [-0.3, -0.25) is 0 Å². The first-order valence-electron chi connectivity index (χ1n) is 5.12. The number of phenols is 1. The van der Waals surface area contributed by atoms with Gasteiger partial charge in [-0.1, -0.05) is 24.3 Å². The summed E-state index contributed by atoms with van der Waals surface area (Å²) in [4.78, 5) is 0. The summed E-state index contributed by atoms with van der Waals surface area (Å²) in [5.74, 6) is 0.256. The smallest absolute Gasteiger partial charge is 0.138 e. The second-order valence-corrected chi connectivity index (χ2v) is 3.62. The number of hydrogen-bond acceptors (Lipinski definition) is 3. The van der Waals surface area contributed by atoms with Crippen LogP contribution in [0.5, 0.6) is 5.75 Å². The number of nitrogens with two attached hydrogens (primary N) is 1. The van der Waals surface area contributed by atoms with Crippen LogP contribution in [0.25, 0.3) is 0 Å². The third-order valence-corrected chi connectivity index (χ3v) is 2.34. The summed E-state index contributed by atoms with van der Waals surface area (Å²) in [5.41, 5.74) is 8.24. The monoisotopic (exact) mass is 214 g/mol. The molecule has 0 aliphatic heterocycles. The number of nitrogens with one attached hydrogen (secondary N) is 1. The molecule has 2 aromatic carbocycles. The van der Waals surface area contributed by atoms with Gasteiger partial charge in [0, 0.05) is 12.2 Å². The van der Waals surface area contributed by atoms with Crippen LogP contribution >= 0.6 is 0 Å². The molecule has 0 fully saturated rings. The zero-order valence-corrected chi connectivity index (χ0v) is 8.85. The Kier molecular flexibility index (Phi) is 2.96. The molecule has 0 unspecified atom stereocenters. The lowest BCUT2D eigenvalue weighted by molar-refractivity contribution is 0.477. The van der Waals surface area contributed by atoms with Gasteiger partial charge in [0.05, 0.1) is 5.69 Å². The first kappa shape index (κ1) is 10.4. The quantitative estimate of drug-likeness (QED) is 0.543. The lowest BCUT2D eigenvalue weighted by Crippen LogP contribution is -2.00. The molecular weight excluding hydrogens is 200 g/mol. The Morgan fingerprint density at radius 1 is 1.06 bits per heavy atom. The van der Waals surface area contributed by atoms with Crippen molar-refractivity contribution in [3.05, 3.63) is 54.1 Å². The highest BCUT2D eigenvalue weighted by atomic mass is 16.3. The van der Waals surface area contributed by atoms with Gasteiger partial charge in [0.2, 0.25) is 0 Å². The molecule has 3 nitrogen and oxygen atoms in total. The van der Waals surface area contributed by atoms with Crippen molar-refractivity contribution in [2.24, 2.45) is 0 Å². The van der Waals surface area contributed by atoms with Gasteiger partial charge in [-0.25, -0.2) is 0 Å². The van der Waals surface area contributed by atoms with Gasteiger partial charge in [0.1, 0.15) is 5.75 Å². The molecule has 0 radical (unpaired) electrons. The fourth-order valence-corrected chi connectivity index (χ4v) is 1.52. The molecule has 0 aliphatic carbocycles. The zero-order valence-electron chi connectivity index (χ0n) is 8.85. The second-order valence-electron chi connectivity index (χ2n) is 3.62. The molecule has 4 N–H and O–H groups in total. The van der Waals surface area contributed by atoms with Crippen molar-refractivity contribution in [1.82, 2.24) is 0 Å². The minimum absolute atomic E-state index is 0.256. The van der Waals surface area contributed by atoms with Crippen molar-refractivity contribution in [2.75, 3.05) is 11.1 Å². The fourth-order valence-electron chi connectivity index (χ4n) is 1.52. The molecule has 0 aromatic heterocycles. The SMILES string of the molecule is Nc1cccc(CNc2ccccc2O)c1. The van der Waals surface area contributed by atoms with Gasteiger partial charge >= 0.3 is 0 Å². The van der Waals surface area contributed by atoms with E-state index < -0.39 is 0 Å². The summed E-state index contributed by atoms with van der Waals surface area (Å²) in [5, 5.41) is 12.7. The molecule has 0 saturated carbocycles. The molecule has 82 valence electrons. The van der Waals surface area contributed by atoms with Crippen LogP contribution in [-0.4, -0.2) is 5.11 Å². The predicted octanol–water partition coefficient (Wildman–Crippen LogP) is 2.59. The van der Waals surface area contributed by atoms with E-state index in [0.717, 1.165) is 16.9 Å². The summed E-state index contributed by atoms with van der Waals surface area (Å²) in [7, 11) is 0. The van der Waals surface area contributed by atoms with E-state index >= 15 is 0 Å². The Hall–Kier alpha value is -2.16. The molecule has 0 saturated heterocycles. The van der Waals surface area contributed by atoms with E-state index in [0.29, 0.717) is 6.54 Å². The van der Waals surface area contributed by atoms with Crippen LogP contribution in [0.4, 0.5) is 11.4 Å². The molecule has 0 spiro atoms. The third-order valence-electron chi connectivity index (χ3n) is 2.34. The van der Waals surface area contributed by atoms with E-state index in [1.165, 1.54) is 0 Å². The molecule has 2 rings (SSSR count). The summed E-state index contributed by atoms with van der Waals surface area (Å²) < 4.78 is 0. The zero-order chi connectivity index (χ0) is 11.4. The topological polar surface area (TPSA) is 58.3 Å². The van der Waals surface area contributed by atoms with E-state index in [1.54, 1.807) is 12.1 Å². The maximum absolute atomic E-state index is 9.56. The van der Waals surface area contributed by atoms with Crippen LogP contribution in [0.2, 0.25) is 0 Å². The van der Waals surface area contributed by atoms with E-state index in [1.807, 2.05) is 36.4 Å². The Balaban J connectivity index is 2.05. The van der Waals surface area contributed by atoms with Crippen LogP contribution < -0.4 is 11.1 Å². The molecule has 3 heteroatoms. The summed E-state index contributed by atoms with van der Waals surface area (Å²) in [6.07, 6.45) is 0. The van der Waals surface area contributed by atoms with Gasteiger partial charge < -0.3 is 16.2 Å². The van der Waals surface area contributed by atoms with Crippen molar-refractivity contribution in [3.63, 3.8) is 0 Å². The molecule has 0 bridgehead atoms. The van der Waals surface area contributed by atoms with Gasteiger partial charge in [-0.2, -0.15) is 0 Å². The normalized spacial score (nSPS) is 10.0. The number of rotatable bonds is 3. The van der Waals surface area contributed by atoms with Gasteiger partial charge in [0.25, 0.3) is 0 Å².